The Morgan fingerprint density at radius 3 is 2.62 bits per heavy atom. The van der Waals surface area contributed by atoms with Gasteiger partial charge in [0.25, 0.3) is 0 Å². The summed E-state index contributed by atoms with van der Waals surface area (Å²) in [5.41, 5.74) is 0. The van der Waals surface area contributed by atoms with Crippen LogP contribution in [-0.4, -0.2) is 57.0 Å². The molecule has 5 heteroatoms. The average molecular weight is 317 g/mol. The van der Waals surface area contributed by atoms with Gasteiger partial charge < -0.3 is 10.2 Å². The zero-order valence-corrected chi connectivity index (χ0v) is 14.7. The third-order valence-corrected chi connectivity index (χ3v) is 7.01. The summed E-state index contributed by atoms with van der Waals surface area (Å²) in [4.78, 5) is 2.31. The molecule has 4 unspecified atom stereocenters. The summed E-state index contributed by atoms with van der Waals surface area (Å²) < 4.78 is 23.3. The summed E-state index contributed by atoms with van der Waals surface area (Å²) in [6.45, 7) is 6.69. The Morgan fingerprint density at radius 1 is 1.24 bits per heavy atom. The summed E-state index contributed by atoms with van der Waals surface area (Å²) in [5.74, 6) is 2.20. The van der Waals surface area contributed by atoms with E-state index >= 15 is 0 Å². The summed E-state index contributed by atoms with van der Waals surface area (Å²) in [5, 5.41) is 3.71. The van der Waals surface area contributed by atoms with Gasteiger partial charge in [-0.15, -0.1) is 0 Å². The first kappa shape index (κ1) is 17.2. The molecule has 1 aliphatic heterocycles. The number of nitrogens with zero attached hydrogens (tertiary/aromatic N) is 1. The Hall–Kier alpha value is -0.130. The van der Waals surface area contributed by atoms with Crippen LogP contribution in [0.15, 0.2) is 0 Å². The van der Waals surface area contributed by atoms with E-state index in [0.717, 1.165) is 25.4 Å². The van der Waals surface area contributed by atoms with Gasteiger partial charge in [-0.05, 0) is 57.5 Å². The van der Waals surface area contributed by atoms with Gasteiger partial charge in [-0.2, -0.15) is 0 Å². The van der Waals surface area contributed by atoms with Crippen molar-refractivity contribution in [2.45, 2.75) is 58.0 Å². The fraction of sp³-hybridized carbons (Fsp3) is 1.00. The van der Waals surface area contributed by atoms with E-state index in [2.05, 4.69) is 31.1 Å². The second-order valence-electron chi connectivity index (χ2n) is 7.24. The minimum Gasteiger partial charge on any atom is -0.314 e. The maximum absolute atomic E-state index is 11.7. The van der Waals surface area contributed by atoms with Crippen molar-refractivity contribution in [3.05, 3.63) is 0 Å². The summed E-state index contributed by atoms with van der Waals surface area (Å²) in [6.07, 6.45) is 5.84. The van der Waals surface area contributed by atoms with Gasteiger partial charge in [0.05, 0.1) is 11.5 Å². The number of hydrogen-bond acceptors (Lipinski definition) is 4. The lowest BCUT2D eigenvalue weighted by Gasteiger charge is -2.39. The van der Waals surface area contributed by atoms with Crippen molar-refractivity contribution < 1.29 is 8.42 Å². The molecule has 0 amide bonds. The molecule has 124 valence electrons. The molecule has 1 saturated carbocycles. The van der Waals surface area contributed by atoms with Crippen LogP contribution in [0, 0.1) is 11.8 Å². The van der Waals surface area contributed by atoms with E-state index in [0.29, 0.717) is 23.5 Å². The quantitative estimate of drug-likeness (QED) is 0.813. The maximum Gasteiger partial charge on any atom is 0.151 e. The minimum atomic E-state index is -2.78. The Morgan fingerprint density at radius 2 is 2.00 bits per heavy atom. The van der Waals surface area contributed by atoms with Gasteiger partial charge in [0.2, 0.25) is 0 Å². The van der Waals surface area contributed by atoms with Gasteiger partial charge in [0, 0.05) is 18.6 Å². The Labute approximate surface area is 130 Å². The average Bonchev–Trinajstić information content (AvgIpc) is 2.78. The van der Waals surface area contributed by atoms with Crippen LogP contribution in [-0.2, 0) is 9.84 Å². The molecule has 4 nitrogen and oxygen atoms in total. The summed E-state index contributed by atoms with van der Waals surface area (Å²) in [6, 6.07) is 0.848. The highest BCUT2D eigenvalue weighted by atomic mass is 32.2. The van der Waals surface area contributed by atoms with Gasteiger partial charge in [-0.25, -0.2) is 8.42 Å². The van der Waals surface area contributed by atoms with Crippen molar-refractivity contribution in [3.63, 3.8) is 0 Å². The number of hydrogen-bond donors (Lipinski definition) is 1. The van der Waals surface area contributed by atoms with Gasteiger partial charge >= 0.3 is 0 Å². The highest BCUT2D eigenvalue weighted by molar-refractivity contribution is 7.91. The van der Waals surface area contributed by atoms with Crippen LogP contribution in [0.2, 0.25) is 0 Å². The molecule has 1 heterocycles. The zero-order chi connectivity index (χ0) is 15.5. The molecule has 0 aromatic heterocycles. The molecule has 4 atom stereocenters. The van der Waals surface area contributed by atoms with E-state index in [1.807, 2.05) is 0 Å². The van der Waals surface area contributed by atoms with Crippen molar-refractivity contribution in [1.82, 2.24) is 10.2 Å². The lowest BCUT2D eigenvalue weighted by Crippen LogP contribution is -2.47. The van der Waals surface area contributed by atoms with Crippen LogP contribution >= 0.6 is 0 Å². The molecule has 0 aromatic carbocycles. The first-order valence-corrected chi connectivity index (χ1v) is 10.4. The molecule has 1 N–H and O–H groups in total. The van der Waals surface area contributed by atoms with Gasteiger partial charge in [0.15, 0.2) is 9.84 Å². The topological polar surface area (TPSA) is 49.4 Å². The SMILES string of the molecule is CCCNC1CCC(C)CC1CN(C)C1CCS(=O)(=O)C1. The number of nitrogens with one attached hydrogen (secondary N) is 1. The molecule has 2 fully saturated rings. The van der Waals surface area contributed by atoms with Crippen molar-refractivity contribution in [2.24, 2.45) is 11.8 Å². The molecule has 0 spiro atoms. The molecule has 1 aliphatic carbocycles. The lowest BCUT2D eigenvalue weighted by atomic mass is 9.78. The second kappa shape index (κ2) is 7.42. The lowest BCUT2D eigenvalue weighted by molar-refractivity contribution is 0.140. The standard InChI is InChI=1S/C16H32N2O2S/c1-4-8-17-16-6-5-13(2)10-14(16)11-18(3)15-7-9-21(19,20)12-15/h13-17H,4-12H2,1-3H3. The van der Waals surface area contributed by atoms with Gasteiger partial charge in [0.1, 0.15) is 0 Å². The first-order valence-electron chi connectivity index (χ1n) is 8.55. The van der Waals surface area contributed by atoms with Crippen molar-refractivity contribution in [1.29, 1.82) is 0 Å². The number of rotatable bonds is 6. The highest BCUT2D eigenvalue weighted by Gasteiger charge is 2.34. The molecule has 0 radical (unpaired) electrons. The molecule has 2 rings (SSSR count). The summed E-state index contributed by atoms with van der Waals surface area (Å²) >= 11 is 0. The third kappa shape index (κ3) is 4.93. The monoisotopic (exact) mass is 316 g/mol. The fourth-order valence-corrected chi connectivity index (χ4v) is 5.75. The molecule has 0 bridgehead atoms. The Bertz CT molecular complexity index is 422. The van der Waals surface area contributed by atoms with Crippen molar-refractivity contribution in [2.75, 3.05) is 31.6 Å². The van der Waals surface area contributed by atoms with Gasteiger partial charge in [-0.1, -0.05) is 13.8 Å². The van der Waals surface area contributed by atoms with Crippen LogP contribution in [0.25, 0.3) is 0 Å². The van der Waals surface area contributed by atoms with E-state index in [1.165, 1.54) is 25.7 Å². The van der Waals surface area contributed by atoms with E-state index in [-0.39, 0.29) is 6.04 Å². The van der Waals surface area contributed by atoms with Crippen LogP contribution in [0.4, 0.5) is 0 Å². The molecular formula is C16H32N2O2S. The zero-order valence-electron chi connectivity index (χ0n) is 13.8. The molecule has 2 aliphatic rings. The van der Waals surface area contributed by atoms with Crippen LogP contribution < -0.4 is 5.32 Å². The van der Waals surface area contributed by atoms with E-state index in [1.54, 1.807) is 0 Å². The molecular weight excluding hydrogens is 284 g/mol. The molecule has 0 aromatic rings. The van der Waals surface area contributed by atoms with Crippen LogP contribution in [0.3, 0.4) is 0 Å². The first-order chi connectivity index (χ1) is 9.91. The Kier molecular flexibility index (Phi) is 6.09. The Balaban J connectivity index is 1.91. The van der Waals surface area contributed by atoms with E-state index < -0.39 is 9.84 Å². The van der Waals surface area contributed by atoms with Crippen molar-refractivity contribution in [3.8, 4) is 0 Å². The van der Waals surface area contributed by atoms with Crippen molar-refractivity contribution >= 4 is 9.84 Å². The predicted molar refractivity (Wildman–Crippen MR) is 88.3 cm³/mol. The van der Waals surface area contributed by atoms with Crippen LogP contribution in [0.5, 0.6) is 0 Å². The number of sulfone groups is 1. The largest absolute Gasteiger partial charge is 0.314 e. The minimum absolute atomic E-state index is 0.235. The maximum atomic E-state index is 11.7. The summed E-state index contributed by atoms with van der Waals surface area (Å²) in [7, 11) is -0.664. The van der Waals surface area contributed by atoms with Gasteiger partial charge in [-0.3, -0.25) is 0 Å². The normalized spacial score (nSPS) is 36.2. The second-order valence-corrected chi connectivity index (χ2v) is 9.46. The van der Waals surface area contributed by atoms with Crippen LogP contribution in [0.1, 0.15) is 46.0 Å². The predicted octanol–water partition coefficient (Wildman–Crippen LogP) is 1.91. The van der Waals surface area contributed by atoms with E-state index in [4.69, 9.17) is 0 Å². The third-order valence-electron chi connectivity index (χ3n) is 5.26. The highest BCUT2D eigenvalue weighted by Crippen LogP contribution is 2.30. The molecule has 1 saturated heterocycles. The van der Waals surface area contributed by atoms with E-state index in [9.17, 15) is 8.42 Å². The fourth-order valence-electron chi connectivity index (χ4n) is 3.94. The smallest absolute Gasteiger partial charge is 0.151 e. The molecule has 21 heavy (non-hydrogen) atoms.